The number of anilines is 1. The minimum absolute atomic E-state index is 0. The van der Waals surface area contributed by atoms with Gasteiger partial charge in [-0.15, -0.1) is 34.5 Å². The molecule has 1 unspecified atom stereocenters. The number of rotatable bonds is 6. The summed E-state index contributed by atoms with van der Waals surface area (Å²) in [5.74, 6) is 0.873. The van der Waals surface area contributed by atoms with E-state index in [4.69, 9.17) is 32.7 Å². The van der Waals surface area contributed by atoms with Crippen molar-refractivity contribution in [1.82, 2.24) is 19.3 Å². The Morgan fingerprint density at radius 1 is 1.20 bits per heavy atom. The maximum Gasteiger partial charge on any atom is 0.343 e. The second-order valence-electron chi connectivity index (χ2n) is 8.25. The van der Waals surface area contributed by atoms with E-state index in [0.717, 1.165) is 24.2 Å². The average molecular weight is 581 g/mol. The van der Waals surface area contributed by atoms with Gasteiger partial charge in [-0.05, 0) is 30.7 Å². The molecule has 3 aliphatic rings. The van der Waals surface area contributed by atoms with Crippen LogP contribution in [0.15, 0.2) is 36.4 Å². The summed E-state index contributed by atoms with van der Waals surface area (Å²) in [6, 6.07) is 12.8. The summed E-state index contributed by atoms with van der Waals surface area (Å²) < 4.78 is 22.6. The third kappa shape index (κ3) is 8.01. The third-order valence-corrected chi connectivity index (χ3v) is 9.08. The number of benzene rings is 2. The zero-order valence-electron chi connectivity index (χ0n) is 20.5. The van der Waals surface area contributed by atoms with Crippen molar-refractivity contribution in [2.24, 2.45) is 0 Å². The second-order valence-corrected chi connectivity index (χ2v) is 12.3. The molecule has 0 spiro atoms. The van der Waals surface area contributed by atoms with Gasteiger partial charge in [-0.1, -0.05) is 0 Å². The van der Waals surface area contributed by atoms with E-state index in [2.05, 4.69) is 79.2 Å². The Morgan fingerprint density at radius 2 is 1.97 bits per heavy atom. The molecule has 0 saturated carbocycles. The number of alkyl halides is 2. The van der Waals surface area contributed by atoms with Crippen molar-refractivity contribution >= 4 is 58.1 Å². The highest BCUT2D eigenvalue weighted by molar-refractivity contribution is 7.54. The van der Waals surface area contributed by atoms with Crippen molar-refractivity contribution in [2.45, 2.75) is 6.42 Å². The lowest BCUT2D eigenvalue weighted by atomic mass is 10.2. The van der Waals surface area contributed by atoms with Gasteiger partial charge in [0.25, 0.3) is 0 Å². The molecule has 1 aromatic carbocycles. The fraction of sp³-hybridized carbons (Fsp3) is 0.478. The van der Waals surface area contributed by atoms with Crippen LogP contribution in [0.3, 0.4) is 0 Å². The molecule has 194 valence electrons. The van der Waals surface area contributed by atoms with Crippen molar-refractivity contribution < 1.29 is 21.5 Å². The molecule has 0 aromatic heterocycles. The first-order valence-corrected chi connectivity index (χ1v) is 14.6. The smallest absolute Gasteiger partial charge is 0.343 e. The van der Waals surface area contributed by atoms with Crippen molar-refractivity contribution in [3.63, 3.8) is 0 Å². The van der Waals surface area contributed by atoms with Gasteiger partial charge in [0.1, 0.15) is 14.1 Å². The first-order valence-electron chi connectivity index (χ1n) is 11.2. The molecule has 1 atom stereocenters. The maximum absolute atomic E-state index is 12.2. The van der Waals surface area contributed by atoms with E-state index in [9.17, 15) is 4.57 Å². The molecule has 1 fully saturated rings. The first kappa shape index (κ1) is 30.3. The first-order chi connectivity index (χ1) is 16.3. The Morgan fingerprint density at radius 3 is 2.63 bits per heavy atom. The predicted octanol–water partition coefficient (Wildman–Crippen LogP) is 1.39. The maximum atomic E-state index is 12.2. The van der Waals surface area contributed by atoms with Gasteiger partial charge in [-0.25, -0.2) is 19.3 Å². The molecule has 4 rings (SSSR count). The fourth-order valence-corrected chi connectivity index (χ4v) is 7.05. The van der Waals surface area contributed by atoms with Crippen LogP contribution in [0.2, 0.25) is 0 Å². The van der Waals surface area contributed by atoms with E-state index >= 15 is 0 Å². The zero-order valence-corrected chi connectivity index (χ0v) is 24.5. The van der Waals surface area contributed by atoms with Crippen molar-refractivity contribution in [3.05, 3.63) is 41.8 Å². The second kappa shape index (κ2) is 14.1. The molecule has 12 heteroatoms. The summed E-state index contributed by atoms with van der Waals surface area (Å²) >= 11 is 12.9. The molecule has 1 aromatic rings. The van der Waals surface area contributed by atoms with E-state index in [-0.39, 0.29) is 12.4 Å². The van der Waals surface area contributed by atoms with E-state index in [0.29, 0.717) is 31.5 Å². The molecule has 7 nitrogen and oxygen atoms in total. The van der Waals surface area contributed by atoms with Crippen LogP contribution in [0.25, 0.3) is 20.8 Å². The zero-order chi connectivity index (χ0) is 24.7. The Bertz CT molecular complexity index is 1190. The summed E-state index contributed by atoms with van der Waals surface area (Å²) in [7, 11) is 5.40. The fourth-order valence-electron chi connectivity index (χ4n) is 3.48. The molecule has 2 heterocycles. The quantitative estimate of drug-likeness (QED) is 0.206. The Balaban J connectivity index is 0.000000256. The van der Waals surface area contributed by atoms with Crippen molar-refractivity contribution in [1.29, 1.82) is 0 Å². The van der Waals surface area contributed by atoms with Crippen LogP contribution in [-0.4, -0.2) is 75.8 Å². The highest BCUT2D eigenvalue weighted by Gasteiger charge is 2.33. The third-order valence-electron chi connectivity index (χ3n) is 5.33. The minimum atomic E-state index is -2.84. The van der Waals surface area contributed by atoms with Gasteiger partial charge in [0.05, 0.1) is 27.4 Å². The van der Waals surface area contributed by atoms with Gasteiger partial charge in [-0.3, -0.25) is 4.57 Å². The summed E-state index contributed by atoms with van der Waals surface area (Å²) in [4.78, 5) is 8.09. The van der Waals surface area contributed by atoms with Gasteiger partial charge < -0.3 is 21.8 Å². The number of aromatic nitrogens is 1. The van der Waals surface area contributed by atoms with Gasteiger partial charge in [-0.2, -0.15) is 0 Å². The van der Waals surface area contributed by atoms with E-state index in [1.807, 2.05) is 0 Å². The van der Waals surface area contributed by atoms with E-state index in [1.54, 1.807) is 16.0 Å². The number of hydrogen-bond donors (Lipinski definition) is 1. The summed E-state index contributed by atoms with van der Waals surface area (Å²) in [6.07, 6.45) is 0.892. The van der Waals surface area contributed by atoms with Crippen LogP contribution in [-0.2, 0) is 9.09 Å². The molecular weight excluding hydrogens is 548 g/mol. The SMILES string of the molecule is CN(C)c1ccc2nc3ccc(=[N+](C)C)cc-3sc2c1.O=P1(NCCCl)OCCCN1CCCl.[Cl-]. The molecular formula is C23H33Cl3N5O2PS. The van der Waals surface area contributed by atoms with Gasteiger partial charge in [0.2, 0.25) is 5.36 Å². The molecule has 1 aliphatic carbocycles. The highest BCUT2D eigenvalue weighted by atomic mass is 35.5. The van der Waals surface area contributed by atoms with Gasteiger partial charge in [0, 0.05) is 63.3 Å². The largest absolute Gasteiger partial charge is 1.00 e. The molecule has 0 amide bonds. The number of nitrogens with zero attached hydrogens (tertiary/aromatic N) is 4. The van der Waals surface area contributed by atoms with Crippen LogP contribution in [0, 0.1) is 0 Å². The summed E-state index contributed by atoms with van der Waals surface area (Å²) in [6.45, 7) is 2.36. The van der Waals surface area contributed by atoms with Gasteiger partial charge in [0.15, 0.2) is 0 Å². The van der Waals surface area contributed by atoms with E-state index < -0.39 is 7.67 Å². The monoisotopic (exact) mass is 579 g/mol. The lowest BCUT2D eigenvalue weighted by Crippen LogP contribution is -3.00. The normalized spacial score (nSPS) is 18.0. The van der Waals surface area contributed by atoms with Crippen LogP contribution in [0.1, 0.15) is 6.42 Å². The molecule has 0 radical (unpaired) electrons. The van der Waals surface area contributed by atoms with Gasteiger partial charge >= 0.3 is 7.67 Å². The Labute approximate surface area is 228 Å². The molecule has 1 saturated heterocycles. The summed E-state index contributed by atoms with van der Waals surface area (Å²) in [5, 5.41) is 4.06. The summed E-state index contributed by atoms with van der Waals surface area (Å²) in [5.41, 5.74) is 3.33. The molecule has 35 heavy (non-hydrogen) atoms. The molecule has 1 N–H and O–H groups in total. The van der Waals surface area contributed by atoms with Crippen LogP contribution in [0.4, 0.5) is 5.69 Å². The standard InChI is InChI=1S/C16H18N3S.C7H15Cl2N2O2P.ClH/c1-18(2)11-5-7-13-15(9-11)20-16-10-12(19(3)4)6-8-14(16)17-13;8-2-4-10-14(12)11(6-3-9)5-1-7-13-14;/h5-10H,1-4H3;1-7H2,(H,10,12);1H/q+1;;/p-1. The molecule has 0 bridgehead atoms. The number of nitrogens with one attached hydrogen (secondary N) is 1. The number of fused-ring (bicyclic) bond motifs is 2. The van der Waals surface area contributed by atoms with Crippen LogP contribution >= 0.6 is 42.2 Å². The van der Waals surface area contributed by atoms with Crippen LogP contribution in [0.5, 0.6) is 0 Å². The lowest BCUT2D eigenvalue weighted by molar-refractivity contribution is -0.0000103. The molecule has 2 aliphatic heterocycles. The average Bonchev–Trinajstić information content (AvgIpc) is 2.82. The van der Waals surface area contributed by atoms with Crippen molar-refractivity contribution in [3.8, 4) is 10.6 Å². The number of hydrogen-bond acceptors (Lipinski definition) is 5. The highest BCUT2D eigenvalue weighted by Crippen LogP contribution is 2.48. The minimum Gasteiger partial charge on any atom is -1.00 e. The van der Waals surface area contributed by atoms with Crippen molar-refractivity contribution in [2.75, 3.05) is 71.1 Å². The Hall–Kier alpha value is -0.960. The topological polar surface area (TPSA) is 60.7 Å². The lowest BCUT2D eigenvalue weighted by Gasteiger charge is -2.34. The predicted molar refractivity (Wildman–Crippen MR) is 147 cm³/mol. The van der Waals surface area contributed by atoms with Crippen LogP contribution < -0.4 is 32.3 Å². The van der Waals surface area contributed by atoms with E-state index in [1.165, 1.54) is 20.6 Å². The Kier molecular flexibility index (Phi) is 12.2. The number of halogens is 3.